The van der Waals surface area contributed by atoms with Gasteiger partial charge in [-0.25, -0.2) is 9.78 Å². The number of hydrogen-bond donors (Lipinski definition) is 7. The third kappa shape index (κ3) is 6.49. The largest absolute Gasteiger partial charge is 0.481 e. The minimum atomic E-state index is -1.67. The number of carboxylic acid groups (broad SMARTS) is 2. The molecule has 8 N–H and O–H groups in total. The Morgan fingerprint density at radius 3 is 2.27 bits per heavy atom. The van der Waals surface area contributed by atoms with E-state index in [0.717, 1.165) is 0 Å². The van der Waals surface area contributed by atoms with Crippen molar-refractivity contribution >= 4 is 23.8 Å². The standard InChI is InChI=1S/C14H21N5O7/c1-6(20)11(15)13(24)18-8(2-7-4-16-5-17-7)12(23)19-9(14(25)26)3-10(21)22/h4-6,8-9,11,20H,2-3,15H2,1H3,(H,16,17)(H,18,24)(H,19,23)(H,21,22)(H,25,26)/t6-,8+,9+,11+/m1/s1. The lowest BCUT2D eigenvalue weighted by molar-refractivity contribution is -0.147. The van der Waals surface area contributed by atoms with E-state index in [9.17, 15) is 24.3 Å². The number of aliphatic hydroxyl groups excluding tert-OH is 1. The van der Waals surface area contributed by atoms with Gasteiger partial charge in [-0.05, 0) is 6.92 Å². The predicted molar refractivity (Wildman–Crippen MR) is 85.7 cm³/mol. The van der Waals surface area contributed by atoms with E-state index in [1.54, 1.807) is 0 Å². The molecule has 0 aliphatic rings. The van der Waals surface area contributed by atoms with Gasteiger partial charge in [-0.15, -0.1) is 0 Å². The van der Waals surface area contributed by atoms with E-state index in [0.29, 0.717) is 5.69 Å². The quantitative estimate of drug-likeness (QED) is 0.226. The number of amides is 2. The number of nitrogens with zero attached hydrogens (tertiary/aromatic N) is 1. The van der Waals surface area contributed by atoms with Crippen molar-refractivity contribution in [2.45, 2.75) is 44.0 Å². The second kappa shape index (κ2) is 9.48. The highest BCUT2D eigenvalue weighted by Gasteiger charge is 2.30. The number of aromatic nitrogens is 2. The first-order valence-corrected chi connectivity index (χ1v) is 7.58. The minimum absolute atomic E-state index is 0.0798. The molecule has 2 amide bonds. The first-order valence-electron chi connectivity index (χ1n) is 7.58. The molecule has 144 valence electrons. The van der Waals surface area contributed by atoms with Crippen molar-refractivity contribution in [1.82, 2.24) is 20.6 Å². The Kier molecular flexibility index (Phi) is 7.68. The first kappa shape index (κ1) is 21.1. The lowest BCUT2D eigenvalue weighted by Crippen LogP contribution is -2.57. The zero-order valence-corrected chi connectivity index (χ0v) is 13.9. The summed E-state index contributed by atoms with van der Waals surface area (Å²) in [4.78, 5) is 52.7. The van der Waals surface area contributed by atoms with Gasteiger partial charge in [0.15, 0.2) is 0 Å². The molecule has 0 aliphatic carbocycles. The molecular weight excluding hydrogens is 350 g/mol. The molecule has 0 aliphatic heterocycles. The summed E-state index contributed by atoms with van der Waals surface area (Å²) in [6, 6.07) is -4.24. The SMILES string of the molecule is C[C@@H](O)[C@H](N)C(=O)N[C@@H](Cc1cnc[nH]1)C(=O)N[C@@H](CC(=O)O)C(=O)O. The van der Waals surface area contributed by atoms with Crippen LogP contribution < -0.4 is 16.4 Å². The molecule has 12 nitrogen and oxygen atoms in total. The van der Waals surface area contributed by atoms with Crippen molar-refractivity contribution in [3.05, 3.63) is 18.2 Å². The zero-order valence-electron chi connectivity index (χ0n) is 13.9. The number of carbonyl (C=O) groups excluding carboxylic acids is 2. The van der Waals surface area contributed by atoms with Gasteiger partial charge in [0, 0.05) is 18.3 Å². The van der Waals surface area contributed by atoms with Gasteiger partial charge in [-0.3, -0.25) is 14.4 Å². The van der Waals surface area contributed by atoms with Crippen LogP contribution in [-0.2, 0) is 25.6 Å². The fourth-order valence-electron chi connectivity index (χ4n) is 1.96. The Balaban J connectivity index is 2.91. The van der Waals surface area contributed by atoms with Gasteiger partial charge >= 0.3 is 11.9 Å². The fraction of sp³-hybridized carbons (Fsp3) is 0.500. The van der Waals surface area contributed by atoms with Crippen molar-refractivity contribution < 1.29 is 34.5 Å². The van der Waals surface area contributed by atoms with E-state index in [-0.39, 0.29) is 6.42 Å². The number of H-pyrrole nitrogens is 1. The molecule has 0 bridgehead atoms. The molecule has 0 saturated carbocycles. The molecule has 1 heterocycles. The number of carboxylic acids is 2. The summed E-state index contributed by atoms with van der Waals surface area (Å²) < 4.78 is 0. The third-order valence-corrected chi connectivity index (χ3v) is 3.43. The Labute approximate surface area is 147 Å². The number of hydrogen-bond acceptors (Lipinski definition) is 7. The van der Waals surface area contributed by atoms with Crippen LogP contribution in [0.15, 0.2) is 12.5 Å². The number of nitrogens with two attached hydrogens (primary N) is 1. The molecular formula is C14H21N5O7. The molecule has 0 fully saturated rings. The molecule has 4 atom stereocenters. The smallest absolute Gasteiger partial charge is 0.326 e. The topological polar surface area (TPSA) is 208 Å². The van der Waals surface area contributed by atoms with E-state index in [2.05, 4.69) is 20.6 Å². The van der Waals surface area contributed by atoms with E-state index >= 15 is 0 Å². The molecule has 1 aromatic rings. The van der Waals surface area contributed by atoms with Gasteiger partial charge in [0.1, 0.15) is 18.1 Å². The highest BCUT2D eigenvalue weighted by molar-refractivity contribution is 5.93. The predicted octanol–water partition coefficient (Wildman–Crippen LogP) is -2.81. The molecule has 0 spiro atoms. The van der Waals surface area contributed by atoms with Crippen molar-refractivity contribution in [2.24, 2.45) is 5.73 Å². The Bertz CT molecular complexity index is 646. The average Bonchev–Trinajstić information content (AvgIpc) is 3.04. The van der Waals surface area contributed by atoms with Crippen molar-refractivity contribution in [3.8, 4) is 0 Å². The third-order valence-electron chi connectivity index (χ3n) is 3.43. The van der Waals surface area contributed by atoms with Crippen molar-refractivity contribution in [1.29, 1.82) is 0 Å². The molecule has 1 rings (SSSR count). The summed E-state index contributed by atoms with van der Waals surface area (Å²) >= 11 is 0. The summed E-state index contributed by atoms with van der Waals surface area (Å²) in [5.74, 6) is -4.69. The lowest BCUT2D eigenvalue weighted by atomic mass is 10.1. The Hall–Kier alpha value is -2.99. The zero-order chi connectivity index (χ0) is 19.9. The Morgan fingerprint density at radius 1 is 1.19 bits per heavy atom. The molecule has 0 saturated heterocycles. The van der Waals surface area contributed by atoms with Crippen LogP contribution in [0, 0.1) is 0 Å². The van der Waals surface area contributed by atoms with E-state index < -0.39 is 54.4 Å². The highest BCUT2D eigenvalue weighted by Crippen LogP contribution is 2.02. The molecule has 12 heteroatoms. The summed E-state index contributed by atoms with van der Waals surface area (Å²) in [5.41, 5.74) is 5.97. The number of carbonyl (C=O) groups is 4. The number of aliphatic hydroxyl groups is 1. The van der Waals surface area contributed by atoms with Crippen molar-refractivity contribution in [2.75, 3.05) is 0 Å². The van der Waals surface area contributed by atoms with Gasteiger partial charge in [0.2, 0.25) is 11.8 Å². The van der Waals surface area contributed by atoms with Crippen molar-refractivity contribution in [3.63, 3.8) is 0 Å². The lowest BCUT2D eigenvalue weighted by Gasteiger charge is -2.23. The van der Waals surface area contributed by atoms with Gasteiger partial charge in [0.05, 0.1) is 18.9 Å². The number of rotatable bonds is 10. The number of aliphatic carboxylic acids is 2. The van der Waals surface area contributed by atoms with Crippen LogP contribution in [0.1, 0.15) is 19.0 Å². The second-order valence-electron chi connectivity index (χ2n) is 5.61. The van der Waals surface area contributed by atoms with Crippen LogP contribution in [0.2, 0.25) is 0 Å². The summed E-state index contributed by atoms with van der Waals surface area (Å²) in [5, 5.41) is 31.5. The second-order valence-corrected chi connectivity index (χ2v) is 5.61. The normalized spacial score (nSPS) is 15.3. The van der Waals surface area contributed by atoms with E-state index in [4.69, 9.17) is 15.9 Å². The first-order chi connectivity index (χ1) is 12.1. The van der Waals surface area contributed by atoms with E-state index in [1.807, 2.05) is 0 Å². The molecule has 0 radical (unpaired) electrons. The summed E-state index contributed by atoms with van der Waals surface area (Å²) in [7, 11) is 0. The van der Waals surface area contributed by atoms with E-state index in [1.165, 1.54) is 19.4 Å². The molecule has 1 aromatic heterocycles. The molecule has 0 unspecified atom stereocenters. The maximum absolute atomic E-state index is 12.4. The fourth-order valence-corrected chi connectivity index (χ4v) is 1.96. The molecule has 26 heavy (non-hydrogen) atoms. The van der Waals surface area contributed by atoms with Crippen LogP contribution in [-0.4, -0.2) is 73.3 Å². The van der Waals surface area contributed by atoms with Crippen LogP contribution >= 0.6 is 0 Å². The van der Waals surface area contributed by atoms with Gasteiger partial charge in [-0.1, -0.05) is 0 Å². The average molecular weight is 371 g/mol. The maximum Gasteiger partial charge on any atom is 0.326 e. The van der Waals surface area contributed by atoms with Crippen LogP contribution in [0.3, 0.4) is 0 Å². The van der Waals surface area contributed by atoms with Gasteiger partial charge < -0.3 is 36.7 Å². The number of aromatic amines is 1. The van der Waals surface area contributed by atoms with Crippen LogP contribution in [0.5, 0.6) is 0 Å². The number of imidazole rings is 1. The summed E-state index contributed by atoms with van der Waals surface area (Å²) in [6.45, 7) is 1.29. The Morgan fingerprint density at radius 2 is 1.81 bits per heavy atom. The van der Waals surface area contributed by atoms with Crippen LogP contribution in [0.25, 0.3) is 0 Å². The van der Waals surface area contributed by atoms with Crippen LogP contribution in [0.4, 0.5) is 0 Å². The highest BCUT2D eigenvalue weighted by atomic mass is 16.4. The monoisotopic (exact) mass is 371 g/mol. The van der Waals surface area contributed by atoms with Gasteiger partial charge in [0.25, 0.3) is 0 Å². The minimum Gasteiger partial charge on any atom is -0.481 e. The number of nitrogens with one attached hydrogen (secondary N) is 3. The molecule has 0 aromatic carbocycles. The maximum atomic E-state index is 12.4. The van der Waals surface area contributed by atoms with Gasteiger partial charge in [-0.2, -0.15) is 0 Å². The summed E-state index contributed by atoms with van der Waals surface area (Å²) in [6.07, 6.45) is 0.651.